The highest BCUT2D eigenvalue weighted by Gasteiger charge is 2.33. The van der Waals surface area contributed by atoms with E-state index in [9.17, 15) is 4.79 Å². The van der Waals surface area contributed by atoms with E-state index in [0.717, 1.165) is 44.9 Å². The largest absolute Gasteiger partial charge is 0.354 e. The molecule has 0 radical (unpaired) electrons. The highest BCUT2D eigenvalue weighted by Crippen LogP contribution is 2.34. The van der Waals surface area contributed by atoms with E-state index in [1.54, 1.807) is 0 Å². The highest BCUT2D eigenvalue weighted by molar-refractivity contribution is 6.15. The van der Waals surface area contributed by atoms with Gasteiger partial charge in [-0.05, 0) is 62.1 Å². The Kier molecular flexibility index (Phi) is 4.72. The Morgan fingerprint density at radius 3 is 2.65 bits per heavy atom. The predicted octanol–water partition coefficient (Wildman–Crippen LogP) is 6.25. The van der Waals surface area contributed by atoms with Crippen molar-refractivity contribution in [2.75, 3.05) is 6.61 Å². The maximum absolute atomic E-state index is 13.4. The van der Waals surface area contributed by atoms with Gasteiger partial charge >= 0.3 is 0 Å². The minimum Gasteiger partial charge on any atom is -0.354 e. The summed E-state index contributed by atoms with van der Waals surface area (Å²) in [5, 5.41) is 2.25. The molecule has 1 unspecified atom stereocenters. The van der Waals surface area contributed by atoms with Crippen LogP contribution in [0.15, 0.2) is 54.6 Å². The number of carbonyl (C=O) groups is 1. The zero-order chi connectivity index (χ0) is 21.8. The number of ketones is 1. The average molecular weight is 414 g/mol. The van der Waals surface area contributed by atoms with Crippen molar-refractivity contribution in [3.8, 4) is 0 Å². The number of rotatable bonds is 4. The number of carbonyl (C=O) groups excluding carboxylic acids is 1. The summed E-state index contributed by atoms with van der Waals surface area (Å²) in [6.45, 7) is 8.50. The molecule has 0 saturated carbocycles. The standard InChI is InChI=1S/C27H27NO3/c1-5-17-7-6-8-21-22-14-19(10-12-23(22)28-25(17)21)26(29)20-11-9-18(13-16(20)2)24-15-30-27(3,4)31-24/h6-14,24,28H,5,15H2,1-4H3. The molecular formula is C27H27NO3. The predicted molar refractivity (Wildman–Crippen MR) is 124 cm³/mol. The fourth-order valence-electron chi connectivity index (χ4n) is 4.57. The first-order valence-electron chi connectivity index (χ1n) is 10.9. The van der Waals surface area contributed by atoms with E-state index in [0.29, 0.717) is 12.2 Å². The van der Waals surface area contributed by atoms with Gasteiger partial charge in [-0.3, -0.25) is 4.79 Å². The molecule has 0 aliphatic carbocycles. The molecule has 1 aliphatic rings. The third-order valence-electron chi connectivity index (χ3n) is 6.24. The van der Waals surface area contributed by atoms with Crippen molar-refractivity contribution in [2.24, 2.45) is 0 Å². The number of H-pyrrole nitrogens is 1. The van der Waals surface area contributed by atoms with Gasteiger partial charge in [0.1, 0.15) is 6.10 Å². The molecule has 4 heteroatoms. The number of nitrogens with one attached hydrogen (secondary N) is 1. The van der Waals surface area contributed by atoms with Gasteiger partial charge in [-0.1, -0.05) is 43.3 Å². The van der Waals surface area contributed by atoms with Gasteiger partial charge in [-0.2, -0.15) is 0 Å². The molecule has 3 aromatic carbocycles. The molecule has 4 nitrogen and oxygen atoms in total. The van der Waals surface area contributed by atoms with E-state index >= 15 is 0 Å². The second-order valence-electron chi connectivity index (χ2n) is 8.80. The third kappa shape index (κ3) is 3.46. The minimum atomic E-state index is -0.570. The van der Waals surface area contributed by atoms with Gasteiger partial charge in [0.05, 0.1) is 6.61 Å². The van der Waals surface area contributed by atoms with E-state index in [2.05, 4.69) is 30.1 Å². The molecule has 1 aromatic heterocycles. The van der Waals surface area contributed by atoms with Gasteiger partial charge in [0.25, 0.3) is 0 Å². The van der Waals surface area contributed by atoms with E-state index in [1.165, 1.54) is 5.56 Å². The molecule has 0 amide bonds. The Hall–Kier alpha value is -2.95. The van der Waals surface area contributed by atoms with Crippen LogP contribution in [0.25, 0.3) is 21.8 Å². The van der Waals surface area contributed by atoms with E-state index < -0.39 is 5.79 Å². The van der Waals surface area contributed by atoms with Crippen molar-refractivity contribution < 1.29 is 14.3 Å². The van der Waals surface area contributed by atoms with Crippen molar-refractivity contribution in [3.63, 3.8) is 0 Å². The van der Waals surface area contributed by atoms with Crippen molar-refractivity contribution in [2.45, 2.75) is 46.0 Å². The van der Waals surface area contributed by atoms with E-state index in [-0.39, 0.29) is 11.9 Å². The van der Waals surface area contributed by atoms with E-state index in [1.807, 2.05) is 57.2 Å². The van der Waals surface area contributed by atoms with Crippen molar-refractivity contribution in [3.05, 3.63) is 82.4 Å². The Bertz CT molecular complexity index is 1320. The van der Waals surface area contributed by atoms with Crippen molar-refractivity contribution in [1.29, 1.82) is 0 Å². The number of para-hydroxylation sites is 1. The molecule has 4 aromatic rings. The monoisotopic (exact) mass is 413 g/mol. The first-order valence-corrected chi connectivity index (χ1v) is 10.9. The summed E-state index contributed by atoms with van der Waals surface area (Å²) in [4.78, 5) is 16.9. The second-order valence-corrected chi connectivity index (χ2v) is 8.80. The molecule has 1 fully saturated rings. The van der Waals surface area contributed by atoms with Crippen LogP contribution in [0.3, 0.4) is 0 Å². The topological polar surface area (TPSA) is 51.3 Å². The number of fused-ring (bicyclic) bond motifs is 3. The van der Waals surface area contributed by atoms with Gasteiger partial charge < -0.3 is 14.5 Å². The average Bonchev–Trinajstić information content (AvgIpc) is 3.32. The summed E-state index contributed by atoms with van der Waals surface area (Å²) < 4.78 is 11.7. The minimum absolute atomic E-state index is 0.0378. The molecule has 1 N–H and O–H groups in total. The Balaban J connectivity index is 1.50. The lowest BCUT2D eigenvalue weighted by Gasteiger charge is -2.17. The number of hydrogen-bond acceptors (Lipinski definition) is 3. The van der Waals surface area contributed by atoms with Crippen LogP contribution in [0.4, 0.5) is 0 Å². The van der Waals surface area contributed by atoms with Crippen LogP contribution in [-0.4, -0.2) is 23.2 Å². The summed E-state index contributed by atoms with van der Waals surface area (Å²) in [5.41, 5.74) is 6.91. The number of aryl methyl sites for hydroxylation is 2. The van der Waals surface area contributed by atoms with Crippen molar-refractivity contribution >= 4 is 27.6 Å². The zero-order valence-corrected chi connectivity index (χ0v) is 18.4. The van der Waals surface area contributed by atoms with Crippen LogP contribution < -0.4 is 0 Å². The molecule has 158 valence electrons. The van der Waals surface area contributed by atoms with Crippen LogP contribution in [-0.2, 0) is 15.9 Å². The zero-order valence-electron chi connectivity index (χ0n) is 18.4. The van der Waals surface area contributed by atoms with Crippen LogP contribution in [0.2, 0.25) is 0 Å². The molecular weight excluding hydrogens is 386 g/mol. The third-order valence-corrected chi connectivity index (χ3v) is 6.24. The summed E-state index contributed by atoms with van der Waals surface area (Å²) >= 11 is 0. The van der Waals surface area contributed by atoms with Crippen LogP contribution in [0.5, 0.6) is 0 Å². The first kappa shape index (κ1) is 20.0. The summed E-state index contributed by atoms with van der Waals surface area (Å²) in [6.07, 6.45) is 0.863. The first-order chi connectivity index (χ1) is 14.9. The summed E-state index contributed by atoms with van der Waals surface area (Å²) in [7, 11) is 0. The van der Waals surface area contributed by atoms with Crippen molar-refractivity contribution in [1.82, 2.24) is 4.98 Å². The number of ether oxygens (including phenoxy) is 2. The number of hydrogen-bond donors (Lipinski definition) is 1. The molecule has 0 bridgehead atoms. The molecule has 1 saturated heterocycles. The maximum Gasteiger partial charge on any atom is 0.193 e. The normalized spacial score (nSPS) is 18.1. The lowest BCUT2D eigenvalue weighted by Crippen LogP contribution is -2.19. The second kappa shape index (κ2) is 7.33. The Morgan fingerprint density at radius 1 is 1.10 bits per heavy atom. The van der Waals surface area contributed by atoms with Gasteiger partial charge in [0.15, 0.2) is 11.6 Å². The molecule has 1 atom stereocenters. The number of aromatic amines is 1. The lowest BCUT2D eigenvalue weighted by molar-refractivity contribution is -0.139. The molecule has 31 heavy (non-hydrogen) atoms. The quantitative estimate of drug-likeness (QED) is 0.403. The van der Waals surface area contributed by atoms with Crippen LogP contribution in [0, 0.1) is 6.92 Å². The Labute approximate surface area is 182 Å². The van der Waals surface area contributed by atoms with E-state index in [4.69, 9.17) is 9.47 Å². The van der Waals surface area contributed by atoms with Crippen LogP contribution in [0.1, 0.15) is 59.5 Å². The number of aromatic nitrogens is 1. The summed E-state index contributed by atoms with van der Waals surface area (Å²) in [6, 6.07) is 18.2. The SMILES string of the molecule is CCc1cccc2c1[nH]c1ccc(C(=O)c3ccc(C4COC(C)(C)O4)cc3C)cc12. The maximum atomic E-state index is 13.4. The molecule has 0 spiro atoms. The fourth-order valence-corrected chi connectivity index (χ4v) is 4.57. The van der Waals surface area contributed by atoms with Gasteiger partial charge in [0.2, 0.25) is 0 Å². The van der Waals surface area contributed by atoms with Gasteiger partial charge in [-0.25, -0.2) is 0 Å². The van der Waals surface area contributed by atoms with Gasteiger partial charge in [0, 0.05) is 32.9 Å². The highest BCUT2D eigenvalue weighted by atomic mass is 16.7. The molecule has 2 heterocycles. The Morgan fingerprint density at radius 2 is 1.94 bits per heavy atom. The van der Waals surface area contributed by atoms with Crippen LogP contribution >= 0.6 is 0 Å². The lowest BCUT2D eigenvalue weighted by atomic mass is 9.95. The molecule has 5 rings (SSSR count). The fraction of sp³-hybridized carbons (Fsp3) is 0.296. The summed E-state index contributed by atoms with van der Waals surface area (Å²) in [5.74, 6) is -0.532. The van der Waals surface area contributed by atoms with Gasteiger partial charge in [-0.15, -0.1) is 0 Å². The number of benzene rings is 3. The smallest absolute Gasteiger partial charge is 0.193 e. The molecule has 1 aliphatic heterocycles.